The van der Waals surface area contributed by atoms with Crippen LogP contribution in [0, 0.1) is 0 Å². The van der Waals surface area contributed by atoms with Gasteiger partial charge < -0.3 is 10.2 Å². The third kappa shape index (κ3) is 6.31. The van der Waals surface area contributed by atoms with Crippen LogP contribution in [-0.2, 0) is 6.54 Å². The van der Waals surface area contributed by atoms with Gasteiger partial charge in [-0.2, -0.15) is 0 Å². The number of nitrogens with zero attached hydrogens (tertiary/aromatic N) is 1. The van der Waals surface area contributed by atoms with Crippen molar-refractivity contribution in [2.24, 2.45) is 0 Å². The predicted octanol–water partition coefficient (Wildman–Crippen LogP) is 9.35. The van der Waals surface area contributed by atoms with E-state index in [1.54, 1.807) is 0 Å². The van der Waals surface area contributed by atoms with Crippen molar-refractivity contribution in [3.63, 3.8) is 0 Å². The van der Waals surface area contributed by atoms with E-state index in [1.165, 1.54) is 16.7 Å². The van der Waals surface area contributed by atoms with Crippen LogP contribution >= 0.6 is 11.6 Å². The van der Waals surface area contributed by atoms with Crippen molar-refractivity contribution in [2.75, 3.05) is 5.32 Å². The Morgan fingerprint density at radius 2 is 1.47 bits per heavy atom. The van der Waals surface area contributed by atoms with Crippen molar-refractivity contribution < 1.29 is 4.79 Å². The Labute approximate surface area is 221 Å². The highest BCUT2D eigenvalue weighted by atomic mass is 35.5. The number of anilines is 1. The summed E-state index contributed by atoms with van der Waals surface area (Å²) in [5.41, 5.74) is 5.81. The molecule has 0 bridgehead atoms. The van der Waals surface area contributed by atoms with Gasteiger partial charge in [-0.3, -0.25) is 0 Å². The van der Waals surface area contributed by atoms with Crippen LogP contribution in [0.1, 0.15) is 93.4 Å². The van der Waals surface area contributed by atoms with Gasteiger partial charge >= 0.3 is 6.03 Å². The van der Waals surface area contributed by atoms with Crippen molar-refractivity contribution in [3.8, 4) is 0 Å². The summed E-state index contributed by atoms with van der Waals surface area (Å²) >= 11 is 6.30. The molecule has 0 radical (unpaired) electrons. The summed E-state index contributed by atoms with van der Waals surface area (Å²) in [6, 6.07) is 25.2. The van der Waals surface area contributed by atoms with Gasteiger partial charge in [0.25, 0.3) is 0 Å². The predicted molar refractivity (Wildman–Crippen MR) is 152 cm³/mol. The lowest BCUT2D eigenvalue weighted by molar-refractivity contribution is 0.158. The van der Waals surface area contributed by atoms with Crippen molar-refractivity contribution in [2.45, 2.75) is 83.7 Å². The van der Waals surface area contributed by atoms with Crippen molar-refractivity contribution in [1.29, 1.82) is 0 Å². The molecule has 0 aliphatic heterocycles. The molecule has 0 atom stereocenters. The molecule has 3 aromatic carbocycles. The van der Waals surface area contributed by atoms with E-state index in [9.17, 15) is 4.79 Å². The van der Waals surface area contributed by atoms with Crippen LogP contribution in [0.15, 0.2) is 72.8 Å². The zero-order valence-electron chi connectivity index (χ0n) is 22.0. The van der Waals surface area contributed by atoms with Gasteiger partial charge in [0.15, 0.2) is 0 Å². The summed E-state index contributed by atoms with van der Waals surface area (Å²) in [5.74, 6) is 1.20. The van der Waals surface area contributed by atoms with Crippen LogP contribution < -0.4 is 5.32 Å². The first-order valence-corrected chi connectivity index (χ1v) is 13.7. The first-order valence-electron chi connectivity index (χ1n) is 13.3. The Morgan fingerprint density at radius 3 is 2.06 bits per heavy atom. The number of urea groups is 1. The van der Waals surface area contributed by atoms with E-state index in [4.69, 9.17) is 11.6 Å². The van der Waals surface area contributed by atoms with Crippen LogP contribution in [0.25, 0.3) is 0 Å². The molecule has 0 heterocycles. The fourth-order valence-corrected chi connectivity index (χ4v) is 5.73. The number of hydrogen-bond acceptors (Lipinski definition) is 1. The molecule has 4 rings (SSSR count). The summed E-state index contributed by atoms with van der Waals surface area (Å²) in [7, 11) is 0. The maximum Gasteiger partial charge on any atom is 0.322 e. The molecule has 0 unspecified atom stereocenters. The zero-order valence-corrected chi connectivity index (χ0v) is 22.8. The molecule has 190 valence electrons. The molecule has 1 aliphatic carbocycles. The first kappa shape index (κ1) is 26.3. The fraction of sp³-hybridized carbons (Fsp3) is 0.406. The molecule has 1 aliphatic rings. The zero-order chi connectivity index (χ0) is 25.7. The van der Waals surface area contributed by atoms with Gasteiger partial charge in [0.2, 0.25) is 0 Å². The number of amides is 2. The van der Waals surface area contributed by atoms with E-state index in [0.29, 0.717) is 29.3 Å². The Kier molecular flexibility index (Phi) is 8.74. The van der Waals surface area contributed by atoms with E-state index in [1.807, 2.05) is 23.1 Å². The van der Waals surface area contributed by atoms with E-state index in [0.717, 1.165) is 36.9 Å². The largest absolute Gasteiger partial charge is 0.322 e. The monoisotopic (exact) mass is 502 g/mol. The average molecular weight is 503 g/mol. The number of benzene rings is 3. The van der Waals surface area contributed by atoms with E-state index >= 15 is 0 Å². The molecule has 0 spiro atoms. The van der Waals surface area contributed by atoms with E-state index < -0.39 is 0 Å². The van der Waals surface area contributed by atoms with Crippen molar-refractivity contribution in [1.82, 2.24) is 4.90 Å². The summed E-state index contributed by atoms with van der Waals surface area (Å²) in [6.45, 7) is 9.29. The SMILES string of the molecule is CC(C)c1cccc(C(C)C)c1NC(=O)N(Cc1cccc(Cl)c1)[C@H]1CC[C@H](c2ccccc2)CC1. The highest BCUT2D eigenvalue weighted by Gasteiger charge is 2.30. The smallest absolute Gasteiger partial charge is 0.317 e. The van der Waals surface area contributed by atoms with Crippen LogP contribution in [0.2, 0.25) is 5.02 Å². The third-order valence-electron chi connectivity index (χ3n) is 7.52. The summed E-state index contributed by atoms with van der Waals surface area (Å²) in [6.07, 6.45) is 4.18. The molecular weight excluding hydrogens is 464 g/mol. The maximum atomic E-state index is 14.0. The molecule has 4 heteroatoms. The normalized spacial score (nSPS) is 17.9. The molecule has 3 aromatic rings. The van der Waals surface area contributed by atoms with E-state index in [-0.39, 0.29) is 12.1 Å². The minimum Gasteiger partial charge on any atom is -0.317 e. The molecule has 3 nitrogen and oxygen atoms in total. The van der Waals surface area contributed by atoms with Crippen LogP contribution in [0.4, 0.5) is 10.5 Å². The second kappa shape index (κ2) is 12.0. The van der Waals surface area contributed by atoms with E-state index in [2.05, 4.69) is 87.6 Å². The topological polar surface area (TPSA) is 32.3 Å². The van der Waals surface area contributed by atoms with Gasteiger partial charge in [-0.05, 0) is 77.8 Å². The molecule has 1 N–H and O–H groups in total. The molecule has 1 saturated carbocycles. The number of hydrogen-bond donors (Lipinski definition) is 1. The van der Waals surface area contributed by atoms with Crippen LogP contribution in [-0.4, -0.2) is 17.0 Å². The second-order valence-electron chi connectivity index (χ2n) is 10.7. The molecule has 0 aromatic heterocycles. The average Bonchev–Trinajstić information content (AvgIpc) is 2.88. The summed E-state index contributed by atoms with van der Waals surface area (Å²) < 4.78 is 0. The molecule has 0 saturated heterocycles. The number of carbonyl (C=O) groups is 1. The number of para-hydroxylation sites is 1. The number of carbonyl (C=O) groups excluding carboxylic acids is 1. The van der Waals surface area contributed by atoms with Gasteiger partial charge in [-0.25, -0.2) is 4.79 Å². The summed E-state index contributed by atoms with van der Waals surface area (Å²) in [4.78, 5) is 16.0. The fourth-order valence-electron chi connectivity index (χ4n) is 5.52. The minimum atomic E-state index is -0.0202. The van der Waals surface area contributed by atoms with Crippen LogP contribution in [0.3, 0.4) is 0 Å². The molecule has 36 heavy (non-hydrogen) atoms. The Hall–Kier alpha value is -2.78. The Morgan fingerprint density at radius 1 is 0.861 bits per heavy atom. The quantitative estimate of drug-likeness (QED) is 0.343. The maximum absolute atomic E-state index is 14.0. The number of halogens is 1. The van der Waals surface area contributed by atoms with Gasteiger partial charge in [0.05, 0.1) is 0 Å². The number of rotatable bonds is 7. The summed E-state index contributed by atoms with van der Waals surface area (Å²) in [5, 5.41) is 4.07. The Balaban J connectivity index is 1.59. The molecular formula is C32H39ClN2O. The number of nitrogens with one attached hydrogen (secondary N) is 1. The Bertz CT molecular complexity index is 1120. The highest BCUT2D eigenvalue weighted by Crippen LogP contribution is 2.37. The lowest BCUT2D eigenvalue weighted by Crippen LogP contribution is -2.44. The lowest BCUT2D eigenvalue weighted by atomic mass is 9.81. The van der Waals surface area contributed by atoms with Gasteiger partial charge in [-0.1, -0.05) is 100.0 Å². The standard InChI is InChI=1S/C32H39ClN2O/c1-22(2)29-14-9-15-30(23(3)4)31(29)34-32(36)35(21-24-10-8-13-27(33)20-24)28-18-16-26(17-19-28)25-11-6-5-7-12-25/h5-15,20,22-23,26,28H,16-19,21H2,1-4H3,(H,34,36)/t26-,28-. The van der Waals surface area contributed by atoms with Gasteiger partial charge in [0.1, 0.15) is 0 Å². The van der Waals surface area contributed by atoms with Crippen molar-refractivity contribution in [3.05, 3.63) is 100 Å². The molecule has 1 fully saturated rings. The highest BCUT2D eigenvalue weighted by molar-refractivity contribution is 6.30. The van der Waals surface area contributed by atoms with Gasteiger partial charge in [0, 0.05) is 23.3 Å². The lowest BCUT2D eigenvalue weighted by Gasteiger charge is -2.37. The first-order chi connectivity index (χ1) is 17.3. The van der Waals surface area contributed by atoms with Crippen molar-refractivity contribution >= 4 is 23.3 Å². The van der Waals surface area contributed by atoms with Crippen LogP contribution in [0.5, 0.6) is 0 Å². The van der Waals surface area contributed by atoms with Gasteiger partial charge in [-0.15, -0.1) is 0 Å². The second-order valence-corrected chi connectivity index (χ2v) is 11.2. The third-order valence-corrected chi connectivity index (χ3v) is 7.75. The minimum absolute atomic E-state index is 0.0202. The molecule has 2 amide bonds.